The Morgan fingerprint density at radius 2 is 2.04 bits per heavy atom. The molecule has 0 bridgehead atoms. The maximum atomic E-state index is 12.3. The first-order chi connectivity index (χ1) is 12.9. The van der Waals surface area contributed by atoms with Crippen LogP contribution in [0.4, 0.5) is 5.13 Å². The number of carbonyl (C=O) groups excluding carboxylic acids is 1. The molecule has 1 N–H and O–H groups in total. The molecule has 1 amide bonds. The highest BCUT2D eigenvalue weighted by Crippen LogP contribution is 2.30. The van der Waals surface area contributed by atoms with Gasteiger partial charge in [0.2, 0.25) is 5.91 Å². The van der Waals surface area contributed by atoms with Gasteiger partial charge in [-0.05, 0) is 18.4 Å². The smallest absolute Gasteiger partial charge is 0.281 e. The van der Waals surface area contributed by atoms with Gasteiger partial charge in [-0.3, -0.25) is 4.79 Å². The van der Waals surface area contributed by atoms with Gasteiger partial charge in [0.15, 0.2) is 5.13 Å². The molecule has 1 aliphatic heterocycles. The van der Waals surface area contributed by atoms with Gasteiger partial charge in [0.1, 0.15) is 0 Å². The normalized spacial score (nSPS) is 14.9. The van der Waals surface area contributed by atoms with E-state index in [-0.39, 0.29) is 5.91 Å². The quantitative estimate of drug-likeness (QED) is 0.762. The molecular weight excluding hydrogens is 384 g/mol. The summed E-state index contributed by atoms with van der Waals surface area (Å²) in [5.41, 5.74) is 2.10. The molecule has 7 nitrogen and oxygen atoms in total. The molecule has 1 aliphatic rings. The van der Waals surface area contributed by atoms with Crippen LogP contribution in [-0.4, -0.2) is 48.6 Å². The first-order valence-corrected chi connectivity index (χ1v) is 11.1. The van der Waals surface area contributed by atoms with Crippen molar-refractivity contribution >= 4 is 32.6 Å². The zero-order valence-electron chi connectivity index (χ0n) is 15.5. The van der Waals surface area contributed by atoms with Crippen molar-refractivity contribution in [2.75, 3.05) is 26.0 Å². The minimum Gasteiger partial charge on any atom is -0.302 e. The van der Waals surface area contributed by atoms with Crippen molar-refractivity contribution in [1.82, 2.24) is 13.6 Å². The molecule has 0 aliphatic carbocycles. The molecule has 146 valence electrons. The number of anilines is 1. The van der Waals surface area contributed by atoms with E-state index in [9.17, 15) is 13.2 Å². The molecule has 0 unspecified atom stereocenters. The number of thiazole rings is 1. The Hall–Kier alpha value is -1.81. The van der Waals surface area contributed by atoms with E-state index in [1.807, 2.05) is 18.2 Å². The molecule has 0 atom stereocenters. The predicted molar refractivity (Wildman–Crippen MR) is 107 cm³/mol. The lowest BCUT2D eigenvalue weighted by atomic mass is 10.1. The summed E-state index contributed by atoms with van der Waals surface area (Å²) in [6.07, 6.45) is 2.62. The number of fused-ring (bicyclic) bond motifs is 1. The van der Waals surface area contributed by atoms with E-state index < -0.39 is 10.2 Å². The van der Waals surface area contributed by atoms with E-state index in [0.29, 0.717) is 31.1 Å². The summed E-state index contributed by atoms with van der Waals surface area (Å²) < 4.78 is 27.2. The van der Waals surface area contributed by atoms with Crippen LogP contribution in [0, 0.1) is 0 Å². The molecule has 0 saturated heterocycles. The molecule has 2 heterocycles. The first kappa shape index (κ1) is 19.9. The van der Waals surface area contributed by atoms with Crippen LogP contribution in [0.1, 0.15) is 29.0 Å². The van der Waals surface area contributed by atoms with E-state index in [1.54, 1.807) is 0 Å². The van der Waals surface area contributed by atoms with Crippen molar-refractivity contribution in [2.45, 2.75) is 32.2 Å². The van der Waals surface area contributed by atoms with Gasteiger partial charge in [-0.2, -0.15) is 17.0 Å². The van der Waals surface area contributed by atoms with Crippen LogP contribution in [-0.2, 0) is 34.4 Å². The fourth-order valence-corrected chi connectivity index (χ4v) is 5.13. The third kappa shape index (κ3) is 4.92. The number of aryl methyl sites for hydroxylation is 1. The number of amides is 1. The van der Waals surface area contributed by atoms with Crippen LogP contribution in [0.3, 0.4) is 0 Å². The van der Waals surface area contributed by atoms with Gasteiger partial charge in [0.25, 0.3) is 10.2 Å². The molecule has 0 fully saturated rings. The molecule has 0 spiro atoms. The van der Waals surface area contributed by atoms with E-state index in [2.05, 4.69) is 22.4 Å². The van der Waals surface area contributed by atoms with E-state index in [1.165, 1.54) is 39.6 Å². The summed E-state index contributed by atoms with van der Waals surface area (Å²) in [5, 5.41) is 3.40. The second-order valence-corrected chi connectivity index (χ2v) is 9.88. The summed E-state index contributed by atoms with van der Waals surface area (Å²) >= 11 is 1.36. The Balaban J connectivity index is 1.54. The third-order valence-electron chi connectivity index (χ3n) is 4.44. The number of rotatable bonds is 7. The maximum Gasteiger partial charge on any atom is 0.281 e. The molecule has 27 heavy (non-hydrogen) atoms. The average molecular weight is 409 g/mol. The maximum absolute atomic E-state index is 12.3. The summed E-state index contributed by atoms with van der Waals surface area (Å²) in [5.74, 6) is -0.0604. The fourth-order valence-electron chi connectivity index (χ4n) is 2.93. The van der Waals surface area contributed by atoms with Crippen LogP contribution in [0.25, 0.3) is 0 Å². The second-order valence-electron chi connectivity index (χ2n) is 6.65. The fraction of sp³-hybridized carbons (Fsp3) is 0.444. The Labute approximate surface area is 164 Å². The molecule has 1 aromatic carbocycles. The Morgan fingerprint density at radius 3 is 2.74 bits per heavy atom. The summed E-state index contributed by atoms with van der Waals surface area (Å²) in [4.78, 5) is 17.5. The van der Waals surface area contributed by atoms with Crippen molar-refractivity contribution in [2.24, 2.45) is 0 Å². The lowest BCUT2D eigenvalue weighted by molar-refractivity contribution is -0.116. The summed E-state index contributed by atoms with van der Waals surface area (Å²) in [6, 6.07) is 10.1. The van der Waals surface area contributed by atoms with Crippen LogP contribution in [0.5, 0.6) is 0 Å². The standard InChI is InChI=1S/C18H24N4O3S2/c1-21(2)27(24,25)22-12-11-15-16(13-22)26-18(19-15)20-17(23)10-6-9-14-7-4-3-5-8-14/h3-5,7-8H,6,9-13H2,1-2H3,(H,19,20,23). The lowest BCUT2D eigenvalue weighted by Gasteiger charge is -2.27. The van der Waals surface area contributed by atoms with Crippen molar-refractivity contribution < 1.29 is 13.2 Å². The van der Waals surface area contributed by atoms with Gasteiger partial charge >= 0.3 is 0 Å². The van der Waals surface area contributed by atoms with Crippen molar-refractivity contribution in [1.29, 1.82) is 0 Å². The predicted octanol–water partition coefficient (Wildman–Crippen LogP) is 2.27. The monoisotopic (exact) mass is 408 g/mol. The third-order valence-corrected chi connectivity index (χ3v) is 7.33. The Morgan fingerprint density at radius 1 is 1.30 bits per heavy atom. The van der Waals surface area contributed by atoms with Crippen molar-refractivity contribution in [3.8, 4) is 0 Å². The number of hydrogen-bond donors (Lipinski definition) is 1. The number of hydrogen-bond acceptors (Lipinski definition) is 5. The minimum absolute atomic E-state index is 0.0604. The number of aromatic nitrogens is 1. The average Bonchev–Trinajstić information content (AvgIpc) is 3.03. The summed E-state index contributed by atoms with van der Waals surface area (Å²) in [7, 11) is -0.384. The van der Waals surface area contributed by atoms with E-state index in [4.69, 9.17) is 0 Å². The molecule has 0 radical (unpaired) electrons. The van der Waals surface area contributed by atoms with Crippen LogP contribution in [0.15, 0.2) is 30.3 Å². The van der Waals surface area contributed by atoms with E-state index in [0.717, 1.165) is 23.4 Å². The topological polar surface area (TPSA) is 82.6 Å². The molecule has 1 aromatic heterocycles. The molecular formula is C18H24N4O3S2. The zero-order chi connectivity index (χ0) is 19.4. The number of benzene rings is 1. The van der Waals surface area contributed by atoms with Crippen molar-refractivity contribution in [3.63, 3.8) is 0 Å². The highest BCUT2D eigenvalue weighted by molar-refractivity contribution is 7.86. The SMILES string of the molecule is CN(C)S(=O)(=O)N1CCc2nc(NC(=O)CCCc3ccccc3)sc2C1. The molecule has 3 rings (SSSR count). The van der Waals surface area contributed by atoms with E-state index >= 15 is 0 Å². The van der Waals surface area contributed by atoms with Gasteiger partial charge in [0.05, 0.1) is 12.2 Å². The van der Waals surface area contributed by atoms with Crippen LogP contribution >= 0.6 is 11.3 Å². The Bertz CT molecular complexity index is 895. The van der Waals surface area contributed by atoms with Gasteiger partial charge < -0.3 is 5.32 Å². The zero-order valence-corrected chi connectivity index (χ0v) is 17.1. The molecule has 2 aromatic rings. The van der Waals surface area contributed by atoms with Gasteiger partial charge in [-0.25, -0.2) is 4.98 Å². The van der Waals surface area contributed by atoms with Gasteiger partial charge in [0, 0.05) is 38.4 Å². The highest BCUT2D eigenvalue weighted by atomic mass is 32.2. The first-order valence-electron chi connectivity index (χ1n) is 8.86. The largest absolute Gasteiger partial charge is 0.302 e. The molecule has 9 heteroatoms. The van der Waals surface area contributed by atoms with Gasteiger partial charge in [-0.1, -0.05) is 30.3 Å². The van der Waals surface area contributed by atoms with Crippen LogP contribution in [0.2, 0.25) is 0 Å². The van der Waals surface area contributed by atoms with Crippen molar-refractivity contribution in [3.05, 3.63) is 46.5 Å². The summed E-state index contributed by atoms with van der Waals surface area (Å²) in [6.45, 7) is 0.707. The lowest BCUT2D eigenvalue weighted by Crippen LogP contribution is -2.42. The number of nitrogens with one attached hydrogen (secondary N) is 1. The second kappa shape index (κ2) is 8.47. The van der Waals surface area contributed by atoms with Gasteiger partial charge in [-0.15, -0.1) is 11.3 Å². The minimum atomic E-state index is -3.44. The highest BCUT2D eigenvalue weighted by Gasteiger charge is 2.30. The Kier molecular flexibility index (Phi) is 6.25. The van der Waals surface area contributed by atoms with Crippen LogP contribution < -0.4 is 5.32 Å². The number of nitrogens with zero attached hydrogens (tertiary/aromatic N) is 3. The molecule has 0 saturated carbocycles. The number of carbonyl (C=O) groups is 1.